The lowest BCUT2D eigenvalue weighted by Gasteiger charge is -2.20. The van der Waals surface area contributed by atoms with Crippen LogP contribution < -0.4 is 17.0 Å². The molecule has 3 N–H and O–H groups in total. The van der Waals surface area contributed by atoms with E-state index in [0.29, 0.717) is 13.1 Å². The molecule has 132 valence electrons. The first kappa shape index (κ1) is 17.2. The fraction of sp³-hybridized carbons (Fsp3) is 0.389. The van der Waals surface area contributed by atoms with E-state index < -0.39 is 11.2 Å². The Balaban J connectivity index is 1.84. The molecule has 0 atom stereocenters. The first-order valence-corrected chi connectivity index (χ1v) is 8.45. The number of benzene rings is 1. The summed E-state index contributed by atoms with van der Waals surface area (Å²) in [6, 6.07) is 9.79. The van der Waals surface area contributed by atoms with E-state index in [1.165, 1.54) is 4.57 Å². The molecule has 2 aromatic rings. The minimum absolute atomic E-state index is 0.0116. The highest BCUT2D eigenvalue weighted by Crippen LogP contribution is 2.35. The van der Waals surface area contributed by atoms with Gasteiger partial charge in [-0.15, -0.1) is 0 Å². The highest BCUT2D eigenvalue weighted by atomic mass is 16.2. The van der Waals surface area contributed by atoms with E-state index in [1.807, 2.05) is 42.2 Å². The third-order valence-electron chi connectivity index (χ3n) is 4.44. The molecule has 1 aromatic heterocycles. The van der Waals surface area contributed by atoms with Crippen molar-refractivity contribution in [1.29, 1.82) is 0 Å². The Bertz CT molecular complexity index is 881. The number of nitrogens with zero attached hydrogens (tertiary/aromatic N) is 2. The lowest BCUT2D eigenvalue weighted by Crippen LogP contribution is -2.39. The normalized spacial score (nSPS) is 14.0. The van der Waals surface area contributed by atoms with Gasteiger partial charge in [0.2, 0.25) is 0 Å². The van der Waals surface area contributed by atoms with Crippen LogP contribution in [0, 0.1) is 0 Å². The van der Waals surface area contributed by atoms with Crippen LogP contribution in [0.4, 0.5) is 5.82 Å². The summed E-state index contributed by atoms with van der Waals surface area (Å²) in [4.78, 5) is 40.9. The highest BCUT2D eigenvalue weighted by molar-refractivity contribution is 6.01. The van der Waals surface area contributed by atoms with Crippen LogP contribution in [0.15, 0.2) is 39.9 Å². The topological polar surface area (TPSA) is 101 Å². The average molecular weight is 342 g/mol. The predicted molar refractivity (Wildman–Crippen MR) is 95.7 cm³/mol. The summed E-state index contributed by atoms with van der Waals surface area (Å²) in [5.74, 6) is -0.386. The van der Waals surface area contributed by atoms with Gasteiger partial charge in [-0.2, -0.15) is 0 Å². The average Bonchev–Trinajstić information content (AvgIpc) is 3.39. The standard InChI is InChI=1S/C18H22N4O3/c1-2-21(10-12-6-4-3-5-7-12)11-14(23)15-16(19)22(13-8-9-13)18(25)20-17(15)24/h3-7,13H,2,8-11,19H2,1H3,(H,20,24,25). The van der Waals surface area contributed by atoms with Crippen LogP contribution >= 0.6 is 0 Å². The number of nitrogen functional groups attached to an aromatic ring is 1. The molecule has 7 heteroatoms. The maximum Gasteiger partial charge on any atom is 0.330 e. The number of nitrogens with two attached hydrogens (primary N) is 1. The molecule has 7 nitrogen and oxygen atoms in total. The van der Waals surface area contributed by atoms with Gasteiger partial charge in [0.25, 0.3) is 5.56 Å². The van der Waals surface area contributed by atoms with Gasteiger partial charge < -0.3 is 5.73 Å². The van der Waals surface area contributed by atoms with Crippen LogP contribution in [-0.2, 0) is 6.54 Å². The summed E-state index contributed by atoms with van der Waals surface area (Å²) < 4.78 is 1.34. The second kappa shape index (κ2) is 7.06. The second-order valence-electron chi connectivity index (χ2n) is 6.33. The summed E-state index contributed by atoms with van der Waals surface area (Å²) in [6.45, 7) is 3.28. The van der Waals surface area contributed by atoms with Gasteiger partial charge in [0.1, 0.15) is 11.4 Å². The van der Waals surface area contributed by atoms with Crippen molar-refractivity contribution >= 4 is 11.6 Å². The smallest absolute Gasteiger partial charge is 0.330 e. The molecular formula is C18H22N4O3. The van der Waals surface area contributed by atoms with E-state index in [1.54, 1.807) is 0 Å². The number of likely N-dealkylation sites (N-methyl/N-ethyl adjacent to an activating group) is 1. The molecule has 1 heterocycles. The molecule has 25 heavy (non-hydrogen) atoms. The van der Waals surface area contributed by atoms with Crippen LogP contribution in [-0.4, -0.2) is 33.3 Å². The molecule has 1 aliphatic carbocycles. The third-order valence-corrected chi connectivity index (χ3v) is 4.44. The maximum absolute atomic E-state index is 12.7. The summed E-state index contributed by atoms with van der Waals surface area (Å²) in [5, 5.41) is 0. The van der Waals surface area contributed by atoms with Gasteiger partial charge in [0.15, 0.2) is 5.78 Å². The van der Waals surface area contributed by atoms with Crippen LogP contribution in [0.2, 0.25) is 0 Å². The number of nitrogens with one attached hydrogen (secondary N) is 1. The monoisotopic (exact) mass is 342 g/mol. The number of carbonyl (C=O) groups is 1. The molecule has 0 unspecified atom stereocenters. The van der Waals surface area contributed by atoms with E-state index >= 15 is 0 Å². The molecule has 0 radical (unpaired) electrons. The van der Waals surface area contributed by atoms with Gasteiger partial charge in [0.05, 0.1) is 6.54 Å². The van der Waals surface area contributed by atoms with Crippen molar-refractivity contribution in [2.45, 2.75) is 32.4 Å². The fourth-order valence-corrected chi connectivity index (χ4v) is 2.93. The van der Waals surface area contributed by atoms with Gasteiger partial charge in [-0.3, -0.25) is 24.0 Å². The largest absolute Gasteiger partial charge is 0.384 e. The SMILES string of the molecule is CCN(CC(=O)c1c(N)n(C2CC2)c(=O)[nH]c1=O)Cc1ccccc1. The Kier molecular flexibility index (Phi) is 4.85. The summed E-state index contributed by atoms with van der Waals surface area (Å²) in [5.41, 5.74) is 5.72. The number of Topliss-reactive ketones (excluding diaryl/α,β-unsaturated/α-hetero) is 1. The number of anilines is 1. The van der Waals surface area contributed by atoms with E-state index in [9.17, 15) is 14.4 Å². The van der Waals surface area contributed by atoms with Crippen LogP contribution in [0.1, 0.15) is 41.7 Å². The number of aromatic amines is 1. The lowest BCUT2D eigenvalue weighted by atomic mass is 10.1. The van der Waals surface area contributed by atoms with E-state index in [0.717, 1.165) is 18.4 Å². The number of H-pyrrole nitrogens is 1. The maximum atomic E-state index is 12.7. The van der Waals surface area contributed by atoms with Gasteiger partial charge in [0, 0.05) is 12.6 Å². The zero-order valence-electron chi connectivity index (χ0n) is 14.2. The van der Waals surface area contributed by atoms with E-state index in [2.05, 4.69) is 4.98 Å². The zero-order valence-corrected chi connectivity index (χ0v) is 14.2. The van der Waals surface area contributed by atoms with Crippen molar-refractivity contribution in [3.8, 4) is 0 Å². The molecule has 0 saturated heterocycles. The molecule has 1 fully saturated rings. The highest BCUT2D eigenvalue weighted by Gasteiger charge is 2.30. The molecule has 3 rings (SSSR count). The minimum atomic E-state index is -0.708. The minimum Gasteiger partial charge on any atom is -0.384 e. The number of aromatic nitrogens is 2. The van der Waals surface area contributed by atoms with E-state index in [-0.39, 0.29) is 29.8 Å². The summed E-state index contributed by atoms with van der Waals surface area (Å²) in [7, 11) is 0. The lowest BCUT2D eigenvalue weighted by molar-refractivity contribution is 0.0928. The predicted octanol–water partition coefficient (Wildman–Crippen LogP) is 1.16. The Labute approximate surface area is 145 Å². The van der Waals surface area contributed by atoms with Crippen LogP contribution in [0.5, 0.6) is 0 Å². The Morgan fingerprint density at radius 2 is 1.96 bits per heavy atom. The van der Waals surface area contributed by atoms with Gasteiger partial charge >= 0.3 is 5.69 Å². The number of hydrogen-bond donors (Lipinski definition) is 2. The number of ketones is 1. The molecular weight excluding hydrogens is 320 g/mol. The molecule has 1 aromatic carbocycles. The molecule has 1 aliphatic rings. The van der Waals surface area contributed by atoms with Crippen molar-refractivity contribution in [2.24, 2.45) is 0 Å². The fourth-order valence-electron chi connectivity index (χ4n) is 2.93. The number of hydrogen-bond acceptors (Lipinski definition) is 5. The molecule has 0 bridgehead atoms. The van der Waals surface area contributed by atoms with Crippen LogP contribution in [0.25, 0.3) is 0 Å². The first-order valence-electron chi connectivity index (χ1n) is 8.45. The molecule has 0 aliphatic heterocycles. The molecule has 0 amide bonds. The Morgan fingerprint density at radius 1 is 1.28 bits per heavy atom. The van der Waals surface area contributed by atoms with Crippen molar-refractivity contribution in [2.75, 3.05) is 18.8 Å². The molecule has 0 spiro atoms. The van der Waals surface area contributed by atoms with Crippen molar-refractivity contribution in [1.82, 2.24) is 14.5 Å². The van der Waals surface area contributed by atoms with E-state index in [4.69, 9.17) is 5.73 Å². The molecule has 1 saturated carbocycles. The zero-order chi connectivity index (χ0) is 18.0. The van der Waals surface area contributed by atoms with Crippen LogP contribution in [0.3, 0.4) is 0 Å². The summed E-state index contributed by atoms with van der Waals surface area (Å²) >= 11 is 0. The number of carbonyl (C=O) groups excluding carboxylic acids is 1. The van der Waals surface area contributed by atoms with Crippen molar-refractivity contribution in [3.05, 3.63) is 62.3 Å². The van der Waals surface area contributed by atoms with Crippen molar-refractivity contribution < 1.29 is 4.79 Å². The van der Waals surface area contributed by atoms with Gasteiger partial charge in [-0.25, -0.2) is 4.79 Å². The second-order valence-corrected chi connectivity index (χ2v) is 6.33. The number of rotatable bonds is 7. The van der Waals surface area contributed by atoms with Crippen molar-refractivity contribution in [3.63, 3.8) is 0 Å². The van der Waals surface area contributed by atoms with Gasteiger partial charge in [-0.1, -0.05) is 37.3 Å². The first-order chi connectivity index (χ1) is 12.0. The Morgan fingerprint density at radius 3 is 2.56 bits per heavy atom. The summed E-state index contributed by atoms with van der Waals surface area (Å²) in [6.07, 6.45) is 1.66. The Hall–Kier alpha value is -2.67. The van der Waals surface area contributed by atoms with Gasteiger partial charge in [-0.05, 0) is 24.9 Å². The third kappa shape index (κ3) is 3.71. The quantitative estimate of drug-likeness (QED) is 0.735.